The number of aryl methyl sites for hydroxylation is 1. The minimum atomic E-state index is 0.596. The molecule has 1 N–H and O–H groups in total. The van der Waals surface area contributed by atoms with Gasteiger partial charge in [-0.25, -0.2) is 0 Å². The Balaban J connectivity index is 1.41. The molecule has 0 saturated carbocycles. The molecule has 0 unspecified atom stereocenters. The number of rotatable bonds is 5. The maximum Gasteiger partial charge on any atom is 0.167 e. The molecule has 2 aromatic heterocycles. The van der Waals surface area contributed by atoms with E-state index in [1.807, 2.05) is 73.7 Å². The molecule has 2 aromatic carbocycles. The average molecular weight is 331 g/mol. The van der Waals surface area contributed by atoms with Crippen LogP contribution in [0.2, 0.25) is 0 Å². The molecule has 5 heteroatoms. The minimum absolute atomic E-state index is 0.596. The highest BCUT2D eigenvalue weighted by molar-refractivity contribution is 5.62. The summed E-state index contributed by atoms with van der Waals surface area (Å²) in [6, 6.07) is 21.9. The van der Waals surface area contributed by atoms with Gasteiger partial charge in [0.2, 0.25) is 0 Å². The van der Waals surface area contributed by atoms with E-state index in [2.05, 4.69) is 15.6 Å². The SMILES string of the molecule is Cc1cc(-c2ccc(NCc3cc(-c4ccccc4)on3)cc2)no1. The van der Waals surface area contributed by atoms with Crippen molar-refractivity contribution in [3.8, 4) is 22.6 Å². The Labute approximate surface area is 145 Å². The minimum Gasteiger partial charge on any atom is -0.379 e. The summed E-state index contributed by atoms with van der Waals surface area (Å²) < 4.78 is 10.5. The van der Waals surface area contributed by atoms with Gasteiger partial charge in [0.15, 0.2) is 5.76 Å². The lowest BCUT2D eigenvalue weighted by Crippen LogP contribution is -1.99. The van der Waals surface area contributed by atoms with Crippen molar-refractivity contribution in [2.24, 2.45) is 0 Å². The molecule has 25 heavy (non-hydrogen) atoms. The maximum atomic E-state index is 5.41. The van der Waals surface area contributed by atoms with E-state index in [-0.39, 0.29) is 0 Å². The zero-order valence-electron chi connectivity index (χ0n) is 13.8. The van der Waals surface area contributed by atoms with Crippen LogP contribution >= 0.6 is 0 Å². The molecule has 0 amide bonds. The second kappa shape index (κ2) is 6.65. The summed E-state index contributed by atoms with van der Waals surface area (Å²) in [5, 5.41) is 11.5. The molecule has 0 aliphatic heterocycles. The average Bonchev–Trinajstić information content (AvgIpc) is 3.30. The number of anilines is 1. The lowest BCUT2D eigenvalue weighted by Gasteiger charge is -2.04. The second-order valence-corrected chi connectivity index (χ2v) is 5.80. The predicted molar refractivity (Wildman–Crippen MR) is 95.9 cm³/mol. The van der Waals surface area contributed by atoms with Gasteiger partial charge in [0.25, 0.3) is 0 Å². The quantitative estimate of drug-likeness (QED) is 0.562. The van der Waals surface area contributed by atoms with Gasteiger partial charge in [-0.05, 0) is 19.1 Å². The molecule has 0 bridgehead atoms. The first-order valence-electron chi connectivity index (χ1n) is 8.06. The molecule has 5 nitrogen and oxygen atoms in total. The van der Waals surface area contributed by atoms with Crippen molar-refractivity contribution in [3.05, 3.63) is 78.2 Å². The Morgan fingerprint density at radius 1 is 0.840 bits per heavy atom. The zero-order chi connectivity index (χ0) is 17.1. The summed E-state index contributed by atoms with van der Waals surface area (Å²) in [7, 11) is 0. The van der Waals surface area contributed by atoms with Gasteiger partial charge in [-0.15, -0.1) is 0 Å². The Morgan fingerprint density at radius 3 is 2.36 bits per heavy atom. The molecule has 0 fully saturated rings. The number of benzene rings is 2. The van der Waals surface area contributed by atoms with Crippen LogP contribution in [0.3, 0.4) is 0 Å². The van der Waals surface area contributed by atoms with Gasteiger partial charge in [0.05, 0.1) is 6.54 Å². The van der Waals surface area contributed by atoms with Crippen LogP contribution in [-0.4, -0.2) is 10.3 Å². The van der Waals surface area contributed by atoms with Crippen LogP contribution in [-0.2, 0) is 6.54 Å². The highest BCUT2D eigenvalue weighted by Crippen LogP contribution is 2.22. The standard InChI is InChI=1S/C20H17N3O2/c1-14-11-19(23-24-14)15-7-9-17(10-8-15)21-13-18-12-20(25-22-18)16-5-3-2-4-6-16/h2-12,21H,13H2,1H3. The van der Waals surface area contributed by atoms with Crippen LogP contribution < -0.4 is 5.32 Å². The molecule has 4 rings (SSSR count). The third kappa shape index (κ3) is 3.45. The Hall–Kier alpha value is -3.34. The molecule has 2 heterocycles. The van der Waals surface area contributed by atoms with Crippen LogP contribution in [0.5, 0.6) is 0 Å². The van der Waals surface area contributed by atoms with Gasteiger partial charge in [0.1, 0.15) is 17.1 Å². The van der Waals surface area contributed by atoms with E-state index in [4.69, 9.17) is 9.05 Å². The monoisotopic (exact) mass is 331 g/mol. The first-order chi connectivity index (χ1) is 12.3. The van der Waals surface area contributed by atoms with E-state index in [0.29, 0.717) is 6.54 Å². The van der Waals surface area contributed by atoms with Gasteiger partial charge in [0, 0.05) is 28.9 Å². The third-order valence-electron chi connectivity index (χ3n) is 3.90. The summed E-state index contributed by atoms with van der Waals surface area (Å²) in [5.74, 6) is 1.58. The van der Waals surface area contributed by atoms with Crippen molar-refractivity contribution in [2.75, 3.05) is 5.32 Å². The summed E-state index contributed by atoms with van der Waals surface area (Å²) in [6.45, 7) is 2.48. The fourth-order valence-electron chi connectivity index (χ4n) is 2.59. The molecular formula is C20H17N3O2. The van der Waals surface area contributed by atoms with Crippen LogP contribution in [0.1, 0.15) is 11.5 Å². The smallest absolute Gasteiger partial charge is 0.167 e. The Bertz CT molecular complexity index is 956. The lowest BCUT2D eigenvalue weighted by molar-refractivity contribution is 0.399. The number of aromatic nitrogens is 2. The topological polar surface area (TPSA) is 64.1 Å². The number of nitrogens with zero attached hydrogens (tertiary/aromatic N) is 2. The summed E-state index contributed by atoms with van der Waals surface area (Å²) in [4.78, 5) is 0. The van der Waals surface area contributed by atoms with Crippen LogP contribution in [0.15, 0.2) is 75.8 Å². The van der Waals surface area contributed by atoms with Gasteiger partial charge >= 0.3 is 0 Å². The fraction of sp³-hybridized carbons (Fsp3) is 0.100. The molecule has 0 aliphatic carbocycles. The molecule has 4 aromatic rings. The summed E-state index contributed by atoms with van der Waals surface area (Å²) in [5.41, 5.74) is 4.75. The van der Waals surface area contributed by atoms with Crippen LogP contribution in [0.25, 0.3) is 22.6 Å². The van der Waals surface area contributed by atoms with Crippen molar-refractivity contribution >= 4 is 5.69 Å². The van der Waals surface area contributed by atoms with Gasteiger partial charge in [-0.1, -0.05) is 52.8 Å². The van der Waals surface area contributed by atoms with Gasteiger partial charge in [-0.2, -0.15) is 0 Å². The molecule has 0 atom stereocenters. The Kier molecular flexibility index (Phi) is 4.04. The number of hydrogen-bond acceptors (Lipinski definition) is 5. The van der Waals surface area contributed by atoms with Crippen molar-refractivity contribution in [3.63, 3.8) is 0 Å². The first kappa shape index (κ1) is 15.2. The number of nitrogens with one attached hydrogen (secondary N) is 1. The predicted octanol–water partition coefficient (Wildman–Crippen LogP) is 4.92. The van der Waals surface area contributed by atoms with Crippen molar-refractivity contribution in [1.29, 1.82) is 0 Å². The third-order valence-corrected chi connectivity index (χ3v) is 3.90. The van der Waals surface area contributed by atoms with Crippen LogP contribution in [0, 0.1) is 6.92 Å². The van der Waals surface area contributed by atoms with Gasteiger partial charge in [-0.3, -0.25) is 0 Å². The molecular weight excluding hydrogens is 314 g/mol. The highest BCUT2D eigenvalue weighted by atomic mass is 16.5. The molecule has 0 spiro atoms. The zero-order valence-corrected chi connectivity index (χ0v) is 13.8. The van der Waals surface area contributed by atoms with Crippen LogP contribution in [0.4, 0.5) is 5.69 Å². The van der Waals surface area contributed by atoms with Gasteiger partial charge < -0.3 is 14.4 Å². The molecule has 124 valence electrons. The van der Waals surface area contributed by atoms with E-state index in [1.54, 1.807) is 0 Å². The first-order valence-corrected chi connectivity index (χ1v) is 8.06. The summed E-state index contributed by atoms with van der Waals surface area (Å²) in [6.07, 6.45) is 0. The number of hydrogen-bond donors (Lipinski definition) is 1. The van der Waals surface area contributed by atoms with Crippen molar-refractivity contribution < 1.29 is 9.05 Å². The van der Waals surface area contributed by atoms with E-state index >= 15 is 0 Å². The maximum absolute atomic E-state index is 5.41. The van der Waals surface area contributed by atoms with Crippen molar-refractivity contribution in [2.45, 2.75) is 13.5 Å². The van der Waals surface area contributed by atoms with E-state index in [9.17, 15) is 0 Å². The fourth-order valence-corrected chi connectivity index (χ4v) is 2.59. The normalized spacial score (nSPS) is 10.8. The second-order valence-electron chi connectivity index (χ2n) is 5.80. The lowest BCUT2D eigenvalue weighted by atomic mass is 10.1. The molecule has 0 saturated heterocycles. The molecule has 0 aliphatic rings. The van der Waals surface area contributed by atoms with Crippen molar-refractivity contribution in [1.82, 2.24) is 10.3 Å². The Morgan fingerprint density at radius 2 is 1.64 bits per heavy atom. The van der Waals surface area contributed by atoms with E-state index < -0.39 is 0 Å². The van der Waals surface area contributed by atoms with E-state index in [0.717, 1.165) is 39.7 Å². The van der Waals surface area contributed by atoms with E-state index in [1.165, 1.54) is 0 Å². The highest BCUT2D eigenvalue weighted by Gasteiger charge is 2.07. The summed E-state index contributed by atoms with van der Waals surface area (Å²) >= 11 is 0. The largest absolute Gasteiger partial charge is 0.379 e. The molecule has 0 radical (unpaired) electrons.